The third-order valence-electron chi connectivity index (χ3n) is 5.44. The van der Waals surface area contributed by atoms with E-state index in [9.17, 15) is 0 Å². The first-order valence-electron chi connectivity index (χ1n) is 9.81. The van der Waals surface area contributed by atoms with Crippen molar-refractivity contribution in [2.75, 3.05) is 7.11 Å². The summed E-state index contributed by atoms with van der Waals surface area (Å²) in [5.74, 6) is 0.882. The van der Waals surface area contributed by atoms with Crippen LogP contribution in [-0.4, -0.2) is 11.7 Å². The maximum Gasteiger partial charge on any atom is 0.118 e. The van der Waals surface area contributed by atoms with Crippen molar-refractivity contribution in [1.29, 1.82) is 0 Å². The number of hydrogen-bond donors (Lipinski definition) is 1. The maximum absolute atomic E-state index is 6.42. The van der Waals surface area contributed by atoms with Crippen LogP contribution in [0.3, 0.4) is 0 Å². The molecule has 0 atom stereocenters. The monoisotopic (exact) mass is 404 g/mol. The summed E-state index contributed by atoms with van der Waals surface area (Å²) in [5, 5.41) is 5.70. The van der Waals surface area contributed by atoms with E-state index in [1.54, 1.807) is 7.11 Å². The van der Waals surface area contributed by atoms with Gasteiger partial charge in [0.15, 0.2) is 0 Å². The summed E-state index contributed by atoms with van der Waals surface area (Å²) < 4.78 is 7.60. The number of nitrogens with zero attached hydrogens (tertiary/aromatic N) is 1. The minimum atomic E-state index is 0.768. The van der Waals surface area contributed by atoms with Gasteiger partial charge in [-0.25, -0.2) is 0 Å². The molecule has 0 saturated carbocycles. The van der Waals surface area contributed by atoms with Gasteiger partial charge < -0.3 is 14.6 Å². The van der Waals surface area contributed by atoms with Gasteiger partial charge >= 0.3 is 0 Å². The molecule has 4 heteroatoms. The highest BCUT2D eigenvalue weighted by atomic mass is 35.5. The molecule has 148 valence electrons. The lowest BCUT2D eigenvalue weighted by atomic mass is 10.1. The maximum atomic E-state index is 6.42. The molecular weight excluding hydrogens is 380 g/mol. The lowest BCUT2D eigenvalue weighted by Crippen LogP contribution is -2.13. The van der Waals surface area contributed by atoms with Crippen LogP contribution in [0.5, 0.6) is 5.75 Å². The first-order chi connectivity index (χ1) is 14.2. The Hall–Kier alpha value is -2.75. The molecule has 0 spiro atoms. The van der Waals surface area contributed by atoms with Crippen molar-refractivity contribution in [2.45, 2.75) is 26.6 Å². The standard InChI is InChI=1S/C25H25ClN2O/c1-18-23(16-27-15-19-11-13-21(29-2)14-12-19)22-8-4-6-10-25(22)28(18)17-20-7-3-5-9-24(20)26/h3-14,27H,15-17H2,1-2H3. The SMILES string of the molecule is COc1ccc(CNCc2c(C)n(Cc3ccccc3Cl)c3ccccc23)cc1. The second-order valence-electron chi connectivity index (χ2n) is 7.21. The van der Waals surface area contributed by atoms with Gasteiger partial charge in [0.05, 0.1) is 7.11 Å². The number of rotatable bonds is 7. The van der Waals surface area contributed by atoms with Crippen molar-refractivity contribution in [3.05, 3.63) is 100 Å². The highest BCUT2D eigenvalue weighted by molar-refractivity contribution is 6.31. The van der Waals surface area contributed by atoms with Crippen LogP contribution in [0.1, 0.15) is 22.4 Å². The fourth-order valence-corrected chi connectivity index (χ4v) is 4.00. The van der Waals surface area contributed by atoms with Crippen molar-refractivity contribution in [3.8, 4) is 5.75 Å². The Bertz CT molecular complexity index is 1120. The van der Waals surface area contributed by atoms with Crippen LogP contribution >= 0.6 is 11.6 Å². The Labute approximate surface area is 176 Å². The Balaban J connectivity index is 1.57. The summed E-state index contributed by atoms with van der Waals surface area (Å²) in [5.41, 5.74) is 6.22. The van der Waals surface area contributed by atoms with Crippen LogP contribution in [-0.2, 0) is 19.6 Å². The number of benzene rings is 3. The summed E-state index contributed by atoms with van der Waals surface area (Å²) in [4.78, 5) is 0. The van der Waals surface area contributed by atoms with E-state index in [-0.39, 0.29) is 0 Å². The summed E-state index contributed by atoms with van der Waals surface area (Å²) in [6, 6.07) is 24.8. The van der Waals surface area contributed by atoms with Crippen LogP contribution in [0.25, 0.3) is 10.9 Å². The summed E-state index contributed by atoms with van der Waals surface area (Å²) in [6.07, 6.45) is 0. The zero-order valence-electron chi connectivity index (χ0n) is 16.8. The van der Waals surface area contributed by atoms with Gasteiger partial charge in [-0.3, -0.25) is 0 Å². The fourth-order valence-electron chi connectivity index (χ4n) is 3.80. The molecule has 3 aromatic carbocycles. The molecule has 29 heavy (non-hydrogen) atoms. The van der Waals surface area contributed by atoms with Crippen molar-refractivity contribution in [3.63, 3.8) is 0 Å². The summed E-state index contributed by atoms with van der Waals surface area (Å²) in [7, 11) is 1.69. The predicted molar refractivity (Wildman–Crippen MR) is 121 cm³/mol. The average Bonchev–Trinajstić information content (AvgIpc) is 3.02. The minimum Gasteiger partial charge on any atom is -0.497 e. The zero-order chi connectivity index (χ0) is 20.2. The first-order valence-corrected chi connectivity index (χ1v) is 10.2. The number of methoxy groups -OCH3 is 1. The van der Waals surface area contributed by atoms with E-state index in [0.717, 1.165) is 36.0 Å². The topological polar surface area (TPSA) is 26.2 Å². The van der Waals surface area contributed by atoms with Crippen molar-refractivity contribution in [2.24, 2.45) is 0 Å². The smallest absolute Gasteiger partial charge is 0.118 e. The van der Waals surface area contributed by atoms with Gasteiger partial charge in [-0.15, -0.1) is 0 Å². The zero-order valence-corrected chi connectivity index (χ0v) is 17.5. The molecule has 3 nitrogen and oxygen atoms in total. The molecule has 0 bridgehead atoms. The van der Waals surface area contributed by atoms with E-state index >= 15 is 0 Å². The summed E-state index contributed by atoms with van der Waals surface area (Å²) in [6.45, 7) is 4.59. The van der Waals surface area contributed by atoms with Crippen LogP contribution in [0.15, 0.2) is 72.8 Å². The molecule has 1 N–H and O–H groups in total. The Morgan fingerprint density at radius 3 is 2.38 bits per heavy atom. The molecule has 0 aliphatic heterocycles. The second kappa shape index (κ2) is 8.73. The number of aromatic nitrogens is 1. The van der Waals surface area contributed by atoms with E-state index in [4.69, 9.17) is 16.3 Å². The molecule has 1 heterocycles. The molecule has 1 aromatic heterocycles. The quantitative estimate of drug-likeness (QED) is 0.412. The van der Waals surface area contributed by atoms with Crippen molar-refractivity contribution < 1.29 is 4.74 Å². The van der Waals surface area contributed by atoms with Gasteiger partial charge in [-0.05, 0) is 47.9 Å². The molecule has 0 aliphatic rings. The van der Waals surface area contributed by atoms with Crippen molar-refractivity contribution in [1.82, 2.24) is 9.88 Å². The lowest BCUT2D eigenvalue weighted by Gasteiger charge is -2.11. The van der Waals surface area contributed by atoms with Gasteiger partial charge in [0.1, 0.15) is 5.75 Å². The van der Waals surface area contributed by atoms with E-state index in [1.807, 2.05) is 30.3 Å². The van der Waals surface area contributed by atoms with Crippen LogP contribution in [0, 0.1) is 6.92 Å². The normalized spacial score (nSPS) is 11.1. The highest BCUT2D eigenvalue weighted by Gasteiger charge is 2.14. The fraction of sp³-hybridized carbons (Fsp3) is 0.200. The number of ether oxygens (including phenoxy) is 1. The molecule has 0 radical (unpaired) electrons. The van der Waals surface area contributed by atoms with Crippen molar-refractivity contribution >= 4 is 22.5 Å². The van der Waals surface area contributed by atoms with E-state index in [2.05, 4.69) is 59.3 Å². The molecule has 4 aromatic rings. The molecule has 0 aliphatic carbocycles. The third kappa shape index (κ3) is 4.16. The van der Waals surface area contributed by atoms with Gasteiger partial charge in [0.25, 0.3) is 0 Å². The number of halogens is 1. The van der Waals surface area contributed by atoms with Gasteiger partial charge in [-0.1, -0.05) is 60.1 Å². The molecule has 0 unspecified atom stereocenters. The number of nitrogens with one attached hydrogen (secondary N) is 1. The lowest BCUT2D eigenvalue weighted by molar-refractivity contribution is 0.414. The van der Waals surface area contributed by atoms with Gasteiger partial charge in [0, 0.05) is 41.3 Å². The van der Waals surface area contributed by atoms with Crippen LogP contribution in [0.4, 0.5) is 0 Å². The van der Waals surface area contributed by atoms with E-state index < -0.39 is 0 Å². The van der Waals surface area contributed by atoms with Crippen LogP contribution < -0.4 is 10.1 Å². The molecular formula is C25H25ClN2O. The molecule has 0 amide bonds. The molecule has 0 fully saturated rings. The second-order valence-corrected chi connectivity index (χ2v) is 7.62. The Kier molecular flexibility index (Phi) is 5.89. The number of fused-ring (bicyclic) bond motifs is 1. The van der Waals surface area contributed by atoms with E-state index in [1.165, 1.54) is 27.7 Å². The van der Waals surface area contributed by atoms with Crippen LogP contribution in [0.2, 0.25) is 5.02 Å². The summed E-state index contributed by atoms with van der Waals surface area (Å²) >= 11 is 6.42. The first kappa shape index (κ1) is 19.6. The van der Waals surface area contributed by atoms with Gasteiger partial charge in [-0.2, -0.15) is 0 Å². The number of para-hydroxylation sites is 1. The number of hydrogen-bond acceptors (Lipinski definition) is 2. The minimum absolute atomic E-state index is 0.768. The largest absolute Gasteiger partial charge is 0.497 e. The molecule has 0 saturated heterocycles. The van der Waals surface area contributed by atoms with E-state index in [0.29, 0.717) is 0 Å². The van der Waals surface area contributed by atoms with Gasteiger partial charge in [0.2, 0.25) is 0 Å². The Morgan fingerprint density at radius 2 is 1.62 bits per heavy atom. The predicted octanol–water partition coefficient (Wildman–Crippen LogP) is 5.95. The Morgan fingerprint density at radius 1 is 0.897 bits per heavy atom. The molecule has 4 rings (SSSR count). The highest BCUT2D eigenvalue weighted by Crippen LogP contribution is 2.28. The average molecular weight is 405 g/mol. The third-order valence-corrected chi connectivity index (χ3v) is 5.81.